The summed E-state index contributed by atoms with van der Waals surface area (Å²) in [6.45, 7) is 2.73. The highest BCUT2D eigenvalue weighted by molar-refractivity contribution is 5.76. The fourth-order valence-electron chi connectivity index (χ4n) is 2.21. The van der Waals surface area contributed by atoms with E-state index in [9.17, 15) is 13.6 Å². The van der Waals surface area contributed by atoms with Crippen LogP contribution in [0.1, 0.15) is 27.0 Å². The maximum Gasteiger partial charge on any atom is 0.306 e. The second-order valence-electron chi connectivity index (χ2n) is 4.96. The smallest absolute Gasteiger partial charge is 0.306 e. The summed E-state index contributed by atoms with van der Waals surface area (Å²) in [4.78, 5) is 10.8. The van der Waals surface area contributed by atoms with Gasteiger partial charge < -0.3 is 4.74 Å². The first-order chi connectivity index (χ1) is 9.94. The number of carbonyl (C=O) groups excluding carboxylic acids is 1. The normalized spacial score (nSPS) is 11.2. The van der Waals surface area contributed by atoms with Crippen molar-refractivity contribution in [2.24, 2.45) is 0 Å². The average molecular weight is 290 g/mol. The lowest BCUT2D eigenvalue weighted by Crippen LogP contribution is -2.23. The Morgan fingerprint density at radius 1 is 1.10 bits per heavy atom. The number of hydrogen-bond acceptors (Lipinski definition) is 2. The first-order valence-corrected chi connectivity index (χ1v) is 6.56. The molecule has 0 aromatic heterocycles. The van der Waals surface area contributed by atoms with E-state index in [4.69, 9.17) is 4.74 Å². The predicted molar refractivity (Wildman–Crippen MR) is 77.1 cm³/mol. The van der Waals surface area contributed by atoms with Crippen molar-refractivity contribution in [2.45, 2.75) is 19.8 Å². The molecular weight excluding hydrogens is 274 g/mol. The number of benzene rings is 2. The van der Waals surface area contributed by atoms with Crippen molar-refractivity contribution in [3.63, 3.8) is 0 Å². The number of ether oxygens (including phenoxy) is 1. The molecule has 0 radical (unpaired) electrons. The summed E-state index contributed by atoms with van der Waals surface area (Å²) in [5.74, 6) is -2.67. The molecule has 110 valence electrons. The van der Waals surface area contributed by atoms with E-state index < -0.39 is 12.5 Å². The van der Waals surface area contributed by atoms with Crippen LogP contribution in [-0.2, 0) is 5.92 Å². The zero-order valence-electron chi connectivity index (χ0n) is 11.9. The summed E-state index contributed by atoms with van der Waals surface area (Å²) in [6.07, 6.45) is 0.725. The Morgan fingerprint density at radius 2 is 1.67 bits per heavy atom. The van der Waals surface area contributed by atoms with Crippen molar-refractivity contribution < 1.29 is 18.3 Å². The van der Waals surface area contributed by atoms with E-state index >= 15 is 0 Å². The van der Waals surface area contributed by atoms with Crippen LogP contribution in [0.4, 0.5) is 8.78 Å². The lowest BCUT2D eigenvalue weighted by molar-refractivity contribution is -0.0470. The van der Waals surface area contributed by atoms with Crippen LogP contribution in [0.3, 0.4) is 0 Å². The van der Waals surface area contributed by atoms with Gasteiger partial charge in [-0.15, -0.1) is 0 Å². The Kier molecular flexibility index (Phi) is 4.36. The first kappa shape index (κ1) is 15.2. The summed E-state index contributed by atoms with van der Waals surface area (Å²) < 4.78 is 33.5. The molecule has 0 bridgehead atoms. The predicted octanol–water partition coefficient (Wildman–Crippen LogP) is 4.29. The summed E-state index contributed by atoms with van der Waals surface area (Å²) >= 11 is 0. The highest BCUT2D eigenvalue weighted by Gasteiger charge is 2.32. The van der Waals surface area contributed by atoms with Crippen LogP contribution in [0.15, 0.2) is 42.5 Å². The molecule has 0 saturated heterocycles. The van der Waals surface area contributed by atoms with Crippen LogP contribution in [0.25, 0.3) is 0 Å². The number of hydrogen-bond donors (Lipinski definition) is 0. The number of rotatable bonds is 5. The molecule has 0 saturated carbocycles. The van der Waals surface area contributed by atoms with Gasteiger partial charge in [-0.05, 0) is 37.1 Å². The quantitative estimate of drug-likeness (QED) is 0.768. The van der Waals surface area contributed by atoms with Gasteiger partial charge in [0.2, 0.25) is 0 Å². The molecule has 2 aromatic carbocycles. The standard InChI is InChI=1S/C17H16F2O2/c1-12-8-14(10-20)9-13(2)16(12)21-11-17(18,19)15-6-4-3-5-7-15/h3-10H,11H2,1-2H3. The fraction of sp³-hybridized carbons (Fsp3) is 0.235. The van der Waals surface area contributed by atoms with E-state index in [1.165, 1.54) is 12.1 Å². The Hall–Kier alpha value is -2.23. The highest BCUT2D eigenvalue weighted by atomic mass is 19.3. The van der Waals surface area contributed by atoms with Crippen LogP contribution < -0.4 is 4.74 Å². The maximum absolute atomic E-state index is 14.1. The van der Waals surface area contributed by atoms with Crippen molar-refractivity contribution in [1.82, 2.24) is 0 Å². The zero-order valence-corrected chi connectivity index (χ0v) is 11.9. The minimum atomic E-state index is -3.07. The minimum Gasteiger partial charge on any atom is -0.486 e. The van der Waals surface area contributed by atoms with E-state index in [2.05, 4.69) is 0 Å². The topological polar surface area (TPSA) is 26.3 Å². The third kappa shape index (κ3) is 3.45. The third-order valence-corrected chi connectivity index (χ3v) is 3.21. The maximum atomic E-state index is 14.1. The third-order valence-electron chi connectivity index (χ3n) is 3.21. The van der Waals surface area contributed by atoms with Crippen molar-refractivity contribution in [2.75, 3.05) is 6.61 Å². The number of halogens is 2. The Balaban J connectivity index is 2.18. The Labute approximate surface area is 122 Å². The number of aldehydes is 1. The molecule has 2 nitrogen and oxygen atoms in total. The molecule has 0 heterocycles. The Bertz CT molecular complexity index is 613. The van der Waals surface area contributed by atoms with Gasteiger partial charge in [-0.25, -0.2) is 0 Å². The van der Waals surface area contributed by atoms with Gasteiger partial charge in [0.15, 0.2) is 6.61 Å². The second-order valence-corrected chi connectivity index (χ2v) is 4.96. The zero-order chi connectivity index (χ0) is 15.5. The molecule has 0 aliphatic heterocycles. The highest BCUT2D eigenvalue weighted by Crippen LogP contribution is 2.31. The lowest BCUT2D eigenvalue weighted by atomic mass is 10.1. The van der Waals surface area contributed by atoms with Crippen LogP contribution >= 0.6 is 0 Å². The van der Waals surface area contributed by atoms with Gasteiger partial charge in [-0.1, -0.05) is 30.3 Å². The molecule has 21 heavy (non-hydrogen) atoms. The van der Waals surface area contributed by atoms with E-state index in [-0.39, 0.29) is 5.56 Å². The molecule has 0 amide bonds. The van der Waals surface area contributed by atoms with E-state index in [0.29, 0.717) is 22.4 Å². The second kappa shape index (κ2) is 6.04. The fourth-order valence-corrected chi connectivity index (χ4v) is 2.21. The van der Waals surface area contributed by atoms with E-state index in [1.54, 1.807) is 44.2 Å². The lowest BCUT2D eigenvalue weighted by Gasteiger charge is -2.19. The molecule has 0 atom stereocenters. The van der Waals surface area contributed by atoms with Crippen LogP contribution in [0.2, 0.25) is 0 Å². The molecule has 0 unspecified atom stereocenters. The van der Waals surface area contributed by atoms with Crippen molar-refractivity contribution >= 4 is 6.29 Å². The van der Waals surface area contributed by atoms with Gasteiger partial charge >= 0.3 is 5.92 Å². The van der Waals surface area contributed by atoms with E-state index in [1.807, 2.05) is 0 Å². The molecule has 0 spiro atoms. The summed E-state index contributed by atoms with van der Waals surface area (Å²) in [5, 5.41) is 0. The summed E-state index contributed by atoms with van der Waals surface area (Å²) in [7, 11) is 0. The first-order valence-electron chi connectivity index (χ1n) is 6.56. The van der Waals surface area contributed by atoms with Crippen LogP contribution in [0.5, 0.6) is 5.75 Å². The van der Waals surface area contributed by atoms with Crippen LogP contribution in [0, 0.1) is 13.8 Å². The monoisotopic (exact) mass is 290 g/mol. The Morgan fingerprint density at radius 3 is 2.19 bits per heavy atom. The van der Waals surface area contributed by atoms with Crippen molar-refractivity contribution in [1.29, 1.82) is 0 Å². The molecule has 0 fully saturated rings. The molecule has 2 rings (SSSR count). The van der Waals surface area contributed by atoms with Gasteiger partial charge in [0.25, 0.3) is 0 Å². The van der Waals surface area contributed by atoms with Crippen molar-refractivity contribution in [3.05, 3.63) is 64.7 Å². The summed E-state index contributed by atoms with van der Waals surface area (Å²) in [5.41, 5.74) is 1.76. The molecule has 2 aromatic rings. The molecule has 0 N–H and O–H groups in total. The van der Waals surface area contributed by atoms with Crippen LogP contribution in [-0.4, -0.2) is 12.9 Å². The molecule has 0 aliphatic rings. The molecule has 0 aliphatic carbocycles. The van der Waals surface area contributed by atoms with Gasteiger partial charge in [-0.3, -0.25) is 4.79 Å². The number of alkyl halides is 2. The number of carbonyl (C=O) groups is 1. The van der Waals surface area contributed by atoms with Gasteiger partial charge in [0, 0.05) is 11.1 Å². The average Bonchev–Trinajstić information content (AvgIpc) is 2.47. The largest absolute Gasteiger partial charge is 0.486 e. The van der Waals surface area contributed by atoms with Gasteiger partial charge in [-0.2, -0.15) is 8.78 Å². The van der Waals surface area contributed by atoms with Gasteiger partial charge in [0.1, 0.15) is 12.0 Å². The minimum absolute atomic E-state index is 0.0789. The SMILES string of the molecule is Cc1cc(C=O)cc(C)c1OCC(F)(F)c1ccccc1. The van der Waals surface area contributed by atoms with Crippen molar-refractivity contribution in [3.8, 4) is 5.75 Å². The molecular formula is C17H16F2O2. The number of aryl methyl sites for hydroxylation is 2. The molecule has 4 heteroatoms. The van der Waals surface area contributed by atoms with E-state index in [0.717, 1.165) is 6.29 Å². The van der Waals surface area contributed by atoms with Gasteiger partial charge in [0.05, 0.1) is 0 Å². The summed E-state index contributed by atoms with van der Waals surface area (Å²) in [6, 6.07) is 10.8.